The second kappa shape index (κ2) is 4.18. The first-order valence-electron chi connectivity index (χ1n) is 4.75. The zero-order valence-electron chi connectivity index (χ0n) is 8.64. The first kappa shape index (κ1) is 10.4. The lowest BCUT2D eigenvalue weighted by Gasteiger charge is -2.00. The summed E-state index contributed by atoms with van der Waals surface area (Å²) in [6.45, 7) is 1.83. The van der Waals surface area contributed by atoms with Gasteiger partial charge in [-0.05, 0) is 25.1 Å². The van der Waals surface area contributed by atoms with Gasteiger partial charge in [0.2, 0.25) is 0 Å². The minimum atomic E-state index is -0.522. The molecule has 0 radical (unpaired) electrons. The van der Waals surface area contributed by atoms with E-state index in [0.717, 1.165) is 18.0 Å². The molecule has 0 aliphatic heterocycles. The number of aromatic nitrogens is 2. The summed E-state index contributed by atoms with van der Waals surface area (Å²) in [4.78, 5) is 19.5. The van der Waals surface area contributed by atoms with Crippen molar-refractivity contribution in [3.63, 3.8) is 0 Å². The summed E-state index contributed by atoms with van der Waals surface area (Å²) >= 11 is 0. The van der Waals surface area contributed by atoms with E-state index in [4.69, 9.17) is 0 Å². The maximum absolute atomic E-state index is 12.9. The van der Waals surface area contributed by atoms with E-state index in [1.807, 2.05) is 6.92 Å². The highest BCUT2D eigenvalue weighted by molar-refractivity contribution is 6.08. The molecule has 0 atom stereocenters. The molecule has 0 aromatic carbocycles. The van der Waals surface area contributed by atoms with Crippen LogP contribution < -0.4 is 0 Å². The fraction of sp³-hybridized carbons (Fsp3) is 0.0833. The van der Waals surface area contributed by atoms with Crippen molar-refractivity contribution >= 4 is 5.78 Å². The van der Waals surface area contributed by atoms with Crippen LogP contribution in [0, 0.1) is 12.7 Å². The van der Waals surface area contributed by atoms with Gasteiger partial charge in [0.25, 0.3) is 0 Å². The van der Waals surface area contributed by atoms with Crippen LogP contribution in [0.5, 0.6) is 0 Å². The molecule has 16 heavy (non-hydrogen) atoms. The van der Waals surface area contributed by atoms with Gasteiger partial charge >= 0.3 is 0 Å². The first-order chi connectivity index (χ1) is 7.66. The fourth-order valence-corrected chi connectivity index (χ4v) is 1.30. The average molecular weight is 216 g/mol. The number of ketones is 1. The average Bonchev–Trinajstić information content (AvgIpc) is 2.29. The van der Waals surface area contributed by atoms with Crippen LogP contribution in [-0.2, 0) is 0 Å². The number of halogens is 1. The van der Waals surface area contributed by atoms with Gasteiger partial charge in [-0.15, -0.1) is 0 Å². The molecule has 0 amide bonds. The third-order valence-corrected chi connectivity index (χ3v) is 2.14. The molecule has 0 spiro atoms. The topological polar surface area (TPSA) is 42.9 Å². The van der Waals surface area contributed by atoms with Crippen LogP contribution >= 0.6 is 0 Å². The lowest BCUT2D eigenvalue weighted by molar-refractivity contribution is 0.103. The van der Waals surface area contributed by atoms with E-state index in [0.29, 0.717) is 5.56 Å². The summed E-state index contributed by atoms with van der Waals surface area (Å²) in [5.41, 5.74) is 1.48. The second-order valence-corrected chi connectivity index (χ2v) is 3.41. The maximum atomic E-state index is 12.9. The lowest BCUT2D eigenvalue weighted by atomic mass is 10.1. The van der Waals surface area contributed by atoms with Crippen LogP contribution in [0.1, 0.15) is 21.6 Å². The second-order valence-electron chi connectivity index (χ2n) is 3.41. The molecular weight excluding hydrogens is 207 g/mol. The van der Waals surface area contributed by atoms with E-state index < -0.39 is 5.82 Å². The summed E-state index contributed by atoms with van der Waals surface area (Å²) < 4.78 is 12.9. The number of aryl methyl sites for hydroxylation is 1. The van der Waals surface area contributed by atoms with E-state index >= 15 is 0 Å². The number of carbonyl (C=O) groups is 1. The van der Waals surface area contributed by atoms with Crippen LogP contribution in [0.2, 0.25) is 0 Å². The SMILES string of the molecule is Cc1ccc(C(=O)c2cncc(F)c2)cn1. The molecule has 2 aromatic rings. The van der Waals surface area contributed by atoms with E-state index in [2.05, 4.69) is 9.97 Å². The molecule has 3 nitrogen and oxygen atoms in total. The molecular formula is C12H9FN2O. The number of nitrogens with zero attached hydrogens (tertiary/aromatic N) is 2. The third-order valence-electron chi connectivity index (χ3n) is 2.14. The lowest BCUT2D eigenvalue weighted by Crippen LogP contribution is -2.03. The molecule has 2 rings (SSSR count). The molecule has 2 aromatic heterocycles. The third kappa shape index (κ3) is 2.11. The van der Waals surface area contributed by atoms with Gasteiger partial charge < -0.3 is 0 Å². The number of hydrogen-bond acceptors (Lipinski definition) is 3. The monoisotopic (exact) mass is 216 g/mol. The highest BCUT2D eigenvalue weighted by Crippen LogP contribution is 2.09. The minimum Gasteiger partial charge on any atom is -0.288 e. The molecule has 0 fully saturated rings. The highest BCUT2D eigenvalue weighted by atomic mass is 19.1. The van der Waals surface area contributed by atoms with E-state index in [9.17, 15) is 9.18 Å². The van der Waals surface area contributed by atoms with Crippen molar-refractivity contribution in [2.75, 3.05) is 0 Å². The van der Waals surface area contributed by atoms with Crippen molar-refractivity contribution in [3.05, 3.63) is 59.4 Å². The Morgan fingerprint density at radius 2 is 2.00 bits per heavy atom. The maximum Gasteiger partial charge on any atom is 0.196 e. The highest BCUT2D eigenvalue weighted by Gasteiger charge is 2.10. The van der Waals surface area contributed by atoms with Crippen molar-refractivity contribution in [2.24, 2.45) is 0 Å². The smallest absolute Gasteiger partial charge is 0.196 e. The molecule has 2 heterocycles. The largest absolute Gasteiger partial charge is 0.288 e. The van der Waals surface area contributed by atoms with Crippen molar-refractivity contribution in [1.82, 2.24) is 9.97 Å². The van der Waals surface area contributed by atoms with Crippen molar-refractivity contribution in [3.8, 4) is 0 Å². The van der Waals surface area contributed by atoms with Crippen LogP contribution in [0.3, 0.4) is 0 Å². The van der Waals surface area contributed by atoms with Gasteiger partial charge in [-0.25, -0.2) is 4.39 Å². The van der Waals surface area contributed by atoms with Crippen molar-refractivity contribution < 1.29 is 9.18 Å². The van der Waals surface area contributed by atoms with Crippen LogP contribution in [0.15, 0.2) is 36.8 Å². The number of hydrogen-bond donors (Lipinski definition) is 0. The first-order valence-corrected chi connectivity index (χ1v) is 4.75. The molecule has 0 unspecified atom stereocenters. The Morgan fingerprint density at radius 1 is 1.19 bits per heavy atom. The Balaban J connectivity index is 2.35. The molecule has 0 aliphatic rings. The van der Waals surface area contributed by atoms with Crippen molar-refractivity contribution in [1.29, 1.82) is 0 Å². The molecule has 0 saturated heterocycles. The quantitative estimate of drug-likeness (QED) is 0.722. The van der Waals surface area contributed by atoms with Crippen molar-refractivity contribution in [2.45, 2.75) is 6.92 Å². The van der Waals surface area contributed by atoms with Crippen LogP contribution in [0.25, 0.3) is 0 Å². The van der Waals surface area contributed by atoms with E-state index in [-0.39, 0.29) is 11.3 Å². The Morgan fingerprint density at radius 3 is 2.62 bits per heavy atom. The summed E-state index contributed by atoms with van der Waals surface area (Å²) in [5, 5.41) is 0. The molecule has 0 N–H and O–H groups in total. The standard InChI is InChI=1S/C12H9FN2O/c1-8-2-3-9(6-15-8)12(16)10-4-11(13)7-14-5-10/h2-7H,1H3. The molecule has 0 aliphatic carbocycles. The summed E-state index contributed by atoms with van der Waals surface area (Å²) in [6.07, 6.45) is 3.87. The normalized spacial score (nSPS) is 10.1. The number of carbonyl (C=O) groups excluding carboxylic acids is 1. The predicted octanol–water partition coefficient (Wildman–Crippen LogP) is 2.16. The minimum absolute atomic E-state index is 0.227. The number of pyridine rings is 2. The Labute approximate surface area is 92.0 Å². The summed E-state index contributed by atoms with van der Waals surface area (Å²) in [7, 11) is 0. The molecule has 0 saturated carbocycles. The molecule has 80 valence electrons. The molecule has 0 bridgehead atoms. The zero-order chi connectivity index (χ0) is 11.5. The Hall–Kier alpha value is -2.10. The molecule has 4 heteroatoms. The van der Waals surface area contributed by atoms with Gasteiger partial charge in [0.1, 0.15) is 5.82 Å². The van der Waals surface area contributed by atoms with Crippen LogP contribution in [0.4, 0.5) is 4.39 Å². The number of rotatable bonds is 2. The Bertz CT molecular complexity index is 523. The van der Waals surface area contributed by atoms with Gasteiger partial charge in [-0.1, -0.05) is 0 Å². The predicted molar refractivity (Wildman–Crippen MR) is 56.6 cm³/mol. The van der Waals surface area contributed by atoms with Gasteiger partial charge in [0, 0.05) is 29.2 Å². The van der Waals surface area contributed by atoms with Gasteiger partial charge in [-0.2, -0.15) is 0 Å². The summed E-state index contributed by atoms with van der Waals surface area (Å²) in [5.74, 6) is -0.801. The zero-order valence-corrected chi connectivity index (χ0v) is 8.64. The summed E-state index contributed by atoms with van der Waals surface area (Å²) in [6, 6.07) is 4.56. The van der Waals surface area contributed by atoms with E-state index in [1.165, 1.54) is 12.4 Å². The van der Waals surface area contributed by atoms with Gasteiger partial charge in [0.05, 0.1) is 6.20 Å². The Kier molecular flexibility index (Phi) is 2.72. The van der Waals surface area contributed by atoms with Gasteiger partial charge in [0.15, 0.2) is 5.78 Å². The van der Waals surface area contributed by atoms with Gasteiger partial charge in [-0.3, -0.25) is 14.8 Å². The van der Waals surface area contributed by atoms with Crippen LogP contribution in [-0.4, -0.2) is 15.8 Å². The van der Waals surface area contributed by atoms with E-state index in [1.54, 1.807) is 12.1 Å². The fourth-order valence-electron chi connectivity index (χ4n) is 1.30.